The van der Waals surface area contributed by atoms with E-state index in [1.807, 2.05) is 0 Å². The number of carbonyl (C=O) groups is 2. The van der Waals surface area contributed by atoms with Gasteiger partial charge in [0.15, 0.2) is 11.0 Å². The Kier molecular flexibility index (Phi) is 7.52. The van der Waals surface area contributed by atoms with Crippen molar-refractivity contribution in [1.82, 2.24) is 15.6 Å². The van der Waals surface area contributed by atoms with E-state index in [1.165, 1.54) is 12.3 Å². The Morgan fingerprint density at radius 3 is 2.50 bits per heavy atom. The van der Waals surface area contributed by atoms with Gasteiger partial charge in [-0.2, -0.15) is 0 Å². The molecule has 1 saturated carbocycles. The summed E-state index contributed by atoms with van der Waals surface area (Å²) in [6.07, 6.45) is 7.43. The number of nitrogens with one attached hydrogen (secondary N) is 2. The molecule has 1 aromatic rings. The van der Waals surface area contributed by atoms with Crippen molar-refractivity contribution in [2.24, 2.45) is 16.6 Å². The molecule has 1 spiro atoms. The SMILES string of the molecule is C=C/C=C(\C)[C@]1(C(=O)NC(C)Cl)[C@@H](c2ccnc(Cl)c2F)[C@H](C(N)=O)NC12CCC(C)(C)CC2. The topological polar surface area (TPSA) is 97.1 Å². The fraction of sp³-hybridized carbons (Fsp3) is 0.560. The summed E-state index contributed by atoms with van der Waals surface area (Å²) in [6, 6.07) is 0.432. The number of allylic oxidation sites excluding steroid dienone is 2. The molecule has 2 amide bonds. The highest BCUT2D eigenvalue weighted by Crippen LogP contribution is 2.62. The Bertz CT molecular complexity index is 1020. The van der Waals surface area contributed by atoms with Gasteiger partial charge in [0.25, 0.3) is 0 Å². The molecule has 2 aliphatic rings. The second kappa shape index (κ2) is 9.59. The summed E-state index contributed by atoms with van der Waals surface area (Å²) in [4.78, 5) is 30.9. The van der Waals surface area contributed by atoms with Crippen LogP contribution in [-0.4, -0.2) is 33.9 Å². The molecule has 6 nitrogen and oxygen atoms in total. The van der Waals surface area contributed by atoms with Crippen molar-refractivity contribution in [3.05, 3.63) is 53.1 Å². The van der Waals surface area contributed by atoms with E-state index in [0.29, 0.717) is 18.4 Å². The van der Waals surface area contributed by atoms with Crippen LogP contribution in [0.2, 0.25) is 5.15 Å². The maximum Gasteiger partial charge on any atom is 0.235 e. The smallest absolute Gasteiger partial charge is 0.235 e. The molecule has 2 fully saturated rings. The van der Waals surface area contributed by atoms with Crippen molar-refractivity contribution in [2.75, 3.05) is 0 Å². The van der Waals surface area contributed by atoms with E-state index in [0.717, 1.165) is 12.8 Å². The Morgan fingerprint density at radius 2 is 1.97 bits per heavy atom. The zero-order chi connectivity index (χ0) is 25.5. The Labute approximate surface area is 210 Å². The summed E-state index contributed by atoms with van der Waals surface area (Å²) in [5.41, 5.74) is 3.70. The first-order chi connectivity index (χ1) is 15.8. The van der Waals surface area contributed by atoms with Crippen LogP contribution in [0, 0.1) is 16.6 Å². The predicted octanol–water partition coefficient (Wildman–Crippen LogP) is 4.57. The number of hydrogen-bond acceptors (Lipinski definition) is 4. The van der Waals surface area contributed by atoms with Crippen LogP contribution in [0.3, 0.4) is 0 Å². The van der Waals surface area contributed by atoms with Crippen LogP contribution >= 0.6 is 23.2 Å². The number of aromatic nitrogens is 1. The minimum absolute atomic E-state index is 0.0521. The third-order valence-electron chi connectivity index (χ3n) is 7.64. The number of nitrogens with two attached hydrogens (primary N) is 1. The van der Waals surface area contributed by atoms with Crippen molar-refractivity contribution in [3.63, 3.8) is 0 Å². The summed E-state index contributed by atoms with van der Waals surface area (Å²) >= 11 is 12.3. The van der Waals surface area contributed by atoms with Crippen molar-refractivity contribution in [3.8, 4) is 0 Å². The molecule has 1 aliphatic carbocycles. The lowest BCUT2D eigenvalue weighted by molar-refractivity contribution is -0.134. The van der Waals surface area contributed by atoms with Crippen LogP contribution in [0.4, 0.5) is 4.39 Å². The normalized spacial score (nSPS) is 29.0. The van der Waals surface area contributed by atoms with Gasteiger partial charge in [0, 0.05) is 17.7 Å². The molecule has 0 bridgehead atoms. The molecule has 1 aromatic heterocycles. The molecule has 4 N–H and O–H groups in total. The number of primary amides is 1. The monoisotopic (exact) mass is 510 g/mol. The fourth-order valence-electron chi connectivity index (χ4n) is 6.02. The number of rotatable bonds is 6. The van der Waals surface area contributed by atoms with Crippen LogP contribution in [0.25, 0.3) is 0 Å². The van der Waals surface area contributed by atoms with Crippen molar-refractivity contribution in [1.29, 1.82) is 0 Å². The van der Waals surface area contributed by atoms with Crippen molar-refractivity contribution >= 4 is 35.0 Å². The molecule has 2 heterocycles. The van der Waals surface area contributed by atoms with Gasteiger partial charge >= 0.3 is 0 Å². The number of halogens is 3. The van der Waals surface area contributed by atoms with Gasteiger partial charge in [0.1, 0.15) is 5.50 Å². The number of nitrogens with zero attached hydrogens (tertiary/aromatic N) is 1. The molecule has 0 radical (unpaired) electrons. The van der Waals surface area contributed by atoms with Crippen LogP contribution in [0.1, 0.15) is 64.9 Å². The Hall–Kier alpha value is -1.96. The molecule has 4 atom stereocenters. The third-order valence-corrected chi connectivity index (χ3v) is 8.01. The molecule has 3 rings (SSSR count). The van der Waals surface area contributed by atoms with Gasteiger partial charge in [-0.1, -0.05) is 61.4 Å². The number of alkyl halides is 1. The van der Waals surface area contributed by atoms with Gasteiger partial charge in [-0.3, -0.25) is 14.9 Å². The van der Waals surface area contributed by atoms with E-state index in [2.05, 4.69) is 36.0 Å². The van der Waals surface area contributed by atoms with Crippen molar-refractivity contribution in [2.45, 2.75) is 76.4 Å². The minimum Gasteiger partial charge on any atom is -0.368 e. The molecule has 0 aromatic carbocycles. The number of hydrogen-bond donors (Lipinski definition) is 3. The maximum atomic E-state index is 15.5. The fourth-order valence-corrected chi connectivity index (χ4v) is 6.28. The van der Waals surface area contributed by atoms with Crippen LogP contribution in [0.15, 0.2) is 36.6 Å². The second-order valence-electron chi connectivity index (χ2n) is 10.2. The van der Waals surface area contributed by atoms with E-state index >= 15 is 4.39 Å². The van der Waals surface area contributed by atoms with Gasteiger partial charge in [0.05, 0.1) is 11.5 Å². The standard InChI is InChI=1S/C25H33Cl2FN4O2/c1-6-7-14(2)25(22(34)31-15(3)26)17(16-8-13-30-20(27)18(16)28)19(21(29)33)32-24(25)11-9-23(4,5)10-12-24/h6-8,13,15,17,19,32H,1,9-12H2,2-5H3,(H2,29,33)(H,31,34)/b14-7+/t15?,17-,19+,25+/m0/s1. The quantitative estimate of drug-likeness (QED) is 0.226. The second-order valence-corrected chi connectivity index (χ2v) is 11.2. The molecular formula is C25H33Cl2FN4O2. The maximum absolute atomic E-state index is 15.5. The molecule has 9 heteroatoms. The third kappa shape index (κ3) is 4.27. The van der Waals surface area contributed by atoms with E-state index in [1.54, 1.807) is 26.0 Å². The molecular weight excluding hydrogens is 478 g/mol. The van der Waals surface area contributed by atoms with Gasteiger partial charge < -0.3 is 11.1 Å². The lowest BCUT2D eigenvalue weighted by Crippen LogP contribution is -2.63. The molecule has 1 saturated heterocycles. The molecule has 1 unspecified atom stereocenters. The molecule has 34 heavy (non-hydrogen) atoms. The van der Waals surface area contributed by atoms with Gasteiger partial charge in [0.2, 0.25) is 11.8 Å². The average Bonchev–Trinajstić information content (AvgIpc) is 3.04. The first kappa shape index (κ1) is 26.6. The minimum atomic E-state index is -1.40. The first-order valence-electron chi connectivity index (χ1n) is 11.4. The van der Waals surface area contributed by atoms with E-state index in [-0.39, 0.29) is 16.1 Å². The Balaban J connectivity index is 2.42. The summed E-state index contributed by atoms with van der Waals surface area (Å²) in [7, 11) is 0. The Morgan fingerprint density at radius 1 is 1.35 bits per heavy atom. The molecule has 1 aliphatic heterocycles. The van der Waals surface area contributed by atoms with Crippen LogP contribution < -0.4 is 16.4 Å². The van der Waals surface area contributed by atoms with Gasteiger partial charge in [-0.05, 0) is 56.6 Å². The summed E-state index contributed by atoms with van der Waals surface area (Å²) < 4.78 is 15.5. The zero-order valence-electron chi connectivity index (χ0n) is 20.1. The number of pyridine rings is 1. The first-order valence-corrected chi connectivity index (χ1v) is 12.3. The predicted molar refractivity (Wildman–Crippen MR) is 133 cm³/mol. The lowest BCUT2D eigenvalue weighted by atomic mass is 9.52. The van der Waals surface area contributed by atoms with Gasteiger partial charge in [-0.15, -0.1) is 0 Å². The number of carbonyl (C=O) groups excluding carboxylic acids is 2. The highest BCUT2D eigenvalue weighted by molar-refractivity contribution is 6.29. The highest BCUT2D eigenvalue weighted by Gasteiger charge is 2.70. The molecule has 186 valence electrons. The zero-order valence-corrected chi connectivity index (χ0v) is 21.6. The van der Waals surface area contributed by atoms with Crippen LogP contribution in [-0.2, 0) is 9.59 Å². The van der Waals surface area contributed by atoms with E-state index < -0.39 is 46.0 Å². The summed E-state index contributed by atoms with van der Waals surface area (Å²) in [6.45, 7) is 11.6. The van der Waals surface area contributed by atoms with Gasteiger partial charge in [-0.25, -0.2) is 9.37 Å². The largest absolute Gasteiger partial charge is 0.368 e. The highest BCUT2D eigenvalue weighted by atomic mass is 35.5. The summed E-state index contributed by atoms with van der Waals surface area (Å²) in [5, 5.41) is 5.94. The summed E-state index contributed by atoms with van der Waals surface area (Å²) in [5.74, 6) is -2.85. The van der Waals surface area contributed by atoms with Crippen LogP contribution in [0.5, 0.6) is 0 Å². The lowest BCUT2D eigenvalue weighted by Gasteiger charge is -2.52. The van der Waals surface area contributed by atoms with Crippen molar-refractivity contribution < 1.29 is 14.0 Å². The average molecular weight is 511 g/mol. The number of amides is 2. The van der Waals surface area contributed by atoms with E-state index in [4.69, 9.17) is 28.9 Å². The van der Waals surface area contributed by atoms with E-state index in [9.17, 15) is 9.59 Å².